The van der Waals surface area contributed by atoms with Crippen LogP contribution in [0.5, 0.6) is 0 Å². The van der Waals surface area contributed by atoms with E-state index >= 15 is 0 Å². The summed E-state index contributed by atoms with van der Waals surface area (Å²) in [5.74, 6) is 1.08. The zero-order valence-corrected chi connectivity index (χ0v) is 14.8. The summed E-state index contributed by atoms with van der Waals surface area (Å²) < 4.78 is 5.26. The minimum Gasteiger partial charge on any atom is -0.338 e. The summed E-state index contributed by atoms with van der Waals surface area (Å²) >= 11 is 5.91. The molecule has 0 saturated carbocycles. The lowest BCUT2D eigenvalue weighted by molar-refractivity contribution is 0.216. The van der Waals surface area contributed by atoms with Gasteiger partial charge in [0.25, 0.3) is 0 Å². The van der Waals surface area contributed by atoms with Crippen LogP contribution in [0, 0.1) is 0 Å². The van der Waals surface area contributed by atoms with Crippen molar-refractivity contribution < 1.29 is 4.52 Å². The van der Waals surface area contributed by atoms with E-state index in [1.807, 2.05) is 45.2 Å². The summed E-state index contributed by atoms with van der Waals surface area (Å²) in [4.78, 5) is 6.48. The molecule has 2 N–H and O–H groups in total. The molecule has 22 heavy (non-hydrogen) atoms. The minimum atomic E-state index is -0.595. The monoisotopic (exact) mass is 344 g/mol. The first kappa shape index (κ1) is 18.9. The van der Waals surface area contributed by atoms with Crippen LogP contribution in [0.15, 0.2) is 28.8 Å². The summed E-state index contributed by atoms with van der Waals surface area (Å²) in [7, 11) is 2.01. The Morgan fingerprint density at radius 3 is 2.41 bits per heavy atom. The molecule has 1 unspecified atom stereocenters. The lowest BCUT2D eigenvalue weighted by Gasteiger charge is -2.23. The zero-order chi connectivity index (χ0) is 15.6. The molecule has 1 aromatic heterocycles. The number of rotatable bonds is 5. The molecule has 0 radical (unpaired) electrons. The molecule has 0 amide bonds. The Bertz CT molecular complexity index is 592. The molecule has 0 saturated heterocycles. The smallest absolute Gasteiger partial charge is 0.240 e. The van der Waals surface area contributed by atoms with Gasteiger partial charge in [-0.15, -0.1) is 12.4 Å². The second-order valence-corrected chi connectivity index (χ2v) is 6.31. The first-order chi connectivity index (χ1) is 9.77. The number of nitrogens with two attached hydrogens (primary N) is 1. The highest BCUT2D eigenvalue weighted by Crippen LogP contribution is 2.22. The molecule has 7 heteroatoms. The molecule has 0 spiro atoms. The van der Waals surface area contributed by atoms with Crippen molar-refractivity contribution in [3.05, 3.63) is 46.6 Å². The molecule has 0 aliphatic heterocycles. The highest BCUT2D eigenvalue weighted by molar-refractivity contribution is 6.30. The Morgan fingerprint density at radius 1 is 1.32 bits per heavy atom. The van der Waals surface area contributed by atoms with Crippen molar-refractivity contribution >= 4 is 24.0 Å². The van der Waals surface area contributed by atoms with Crippen LogP contribution < -0.4 is 5.73 Å². The van der Waals surface area contributed by atoms with Crippen LogP contribution in [0.1, 0.15) is 44.1 Å². The summed E-state index contributed by atoms with van der Waals surface area (Å²) in [6.07, 6.45) is 0. The van der Waals surface area contributed by atoms with Gasteiger partial charge in [0.15, 0.2) is 5.82 Å². The molecular formula is C15H22Cl2N4O. The molecule has 1 heterocycles. The van der Waals surface area contributed by atoms with Crippen molar-refractivity contribution in [3.8, 4) is 0 Å². The van der Waals surface area contributed by atoms with Crippen molar-refractivity contribution in [1.82, 2.24) is 15.0 Å². The fourth-order valence-corrected chi connectivity index (χ4v) is 2.05. The molecule has 122 valence electrons. The lowest BCUT2D eigenvalue weighted by atomic mass is 10.1. The van der Waals surface area contributed by atoms with E-state index in [9.17, 15) is 0 Å². The van der Waals surface area contributed by atoms with Gasteiger partial charge in [-0.2, -0.15) is 4.98 Å². The third-order valence-corrected chi connectivity index (χ3v) is 3.69. The molecule has 0 fully saturated rings. The van der Waals surface area contributed by atoms with Gasteiger partial charge in [-0.05, 0) is 45.5 Å². The molecule has 2 aromatic rings. The highest BCUT2D eigenvalue weighted by Gasteiger charge is 2.22. The molecule has 5 nitrogen and oxygen atoms in total. The van der Waals surface area contributed by atoms with E-state index in [-0.39, 0.29) is 18.4 Å². The van der Waals surface area contributed by atoms with Crippen LogP contribution in [0.25, 0.3) is 0 Å². The minimum absolute atomic E-state index is 0. The van der Waals surface area contributed by atoms with Crippen LogP contribution in [-0.4, -0.2) is 22.1 Å². The number of halogens is 2. The summed E-state index contributed by atoms with van der Waals surface area (Å²) in [6, 6.07) is 8.03. The van der Waals surface area contributed by atoms with Crippen molar-refractivity contribution in [1.29, 1.82) is 0 Å². The van der Waals surface area contributed by atoms with E-state index in [4.69, 9.17) is 21.9 Å². The Kier molecular flexibility index (Phi) is 6.38. The third kappa shape index (κ3) is 4.68. The molecular weight excluding hydrogens is 323 g/mol. The predicted molar refractivity (Wildman–Crippen MR) is 90.1 cm³/mol. The molecule has 1 aromatic carbocycles. The zero-order valence-electron chi connectivity index (χ0n) is 13.2. The largest absolute Gasteiger partial charge is 0.338 e. The fourth-order valence-electron chi connectivity index (χ4n) is 1.93. The summed E-state index contributed by atoms with van der Waals surface area (Å²) in [5.41, 5.74) is 6.54. The summed E-state index contributed by atoms with van der Waals surface area (Å²) in [6.45, 7) is 6.38. The average molecular weight is 345 g/mol. The molecule has 1 atom stereocenters. The topological polar surface area (TPSA) is 68.2 Å². The van der Waals surface area contributed by atoms with Crippen molar-refractivity contribution in [2.75, 3.05) is 7.05 Å². The summed E-state index contributed by atoms with van der Waals surface area (Å²) in [5, 5.41) is 4.67. The van der Waals surface area contributed by atoms with E-state index < -0.39 is 5.54 Å². The quantitative estimate of drug-likeness (QED) is 0.898. The van der Waals surface area contributed by atoms with Gasteiger partial charge in [0.05, 0.1) is 12.1 Å². The number of hydrogen-bond acceptors (Lipinski definition) is 5. The van der Waals surface area contributed by atoms with E-state index in [0.29, 0.717) is 18.3 Å². The van der Waals surface area contributed by atoms with Gasteiger partial charge in [0.2, 0.25) is 5.89 Å². The van der Waals surface area contributed by atoms with Crippen molar-refractivity contribution in [2.24, 2.45) is 5.73 Å². The van der Waals surface area contributed by atoms with Gasteiger partial charge in [-0.3, -0.25) is 4.90 Å². The van der Waals surface area contributed by atoms with E-state index in [2.05, 4.69) is 22.0 Å². The number of aromatic nitrogens is 2. The van der Waals surface area contributed by atoms with Crippen molar-refractivity contribution in [3.63, 3.8) is 0 Å². The van der Waals surface area contributed by atoms with Gasteiger partial charge in [0, 0.05) is 11.1 Å². The highest BCUT2D eigenvalue weighted by atomic mass is 35.5. The number of hydrogen-bond donors (Lipinski definition) is 1. The molecule has 2 rings (SSSR count). The SMILES string of the molecule is CC(c1ccc(Cl)cc1)N(C)Cc1nc(C(C)(C)N)no1.Cl. The van der Waals surface area contributed by atoms with E-state index in [1.165, 1.54) is 5.56 Å². The molecule has 0 aliphatic carbocycles. The van der Waals surface area contributed by atoms with Gasteiger partial charge >= 0.3 is 0 Å². The van der Waals surface area contributed by atoms with Crippen LogP contribution >= 0.6 is 24.0 Å². The van der Waals surface area contributed by atoms with Gasteiger partial charge in [0.1, 0.15) is 0 Å². The first-order valence-electron chi connectivity index (χ1n) is 6.85. The first-order valence-corrected chi connectivity index (χ1v) is 7.23. The standard InChI is InChI=1S/C15H21ClN4O.ClH/c1-10(11-5-7-12(16)8-6-11)20(4)9-13-18-14(19-21-13)15(2,3)17;/h5-8,10H,9,17H2,1-4H3;1H. The fraction of sp³-hybridized carbons (Fsp3) is 0.467. The Labute approximate surface area is 142 Å². The van der Waals surface area contributed by atoms with Crippen molar-refractivity contribution in [2.45, 2.75) is 38.9 Å². The van der Waals surface area contributed by atoms with Gasteiger partial charge in [-0.1, -0.05) is 28.9 Å². The molecule has 0 aliphatic rings. The average Bonchev–Trinajstić information content (AvgIpc) is 2.87. The van der Waals surface area contributed by atoms with Crippen LogP contribution in [0.4, 0.5) is 0 Å². The van der Waals surface area contributed by atoms with Crippen LogP contribution in [0.2, 0.25) is 5.02 Å². The maximum Gasteiger partial charge on any atom is 0.240 e. The predicted octanol–water partition coefficient (Wildman–Crippen LogP) is 3.53. The van der Waals surface area contributed by atoms with E-state index in [0.717, 1.165) is 5.02 Å². The van der Waals surface area contributed by atoms with Gasteiger partial charge < -0.3 is 10.3 Å². The second-order valence-electron chi connectivity index (χ2n) is 5.88. The maximum atomic E-state index is 5.95. The van der Waals surface area contributed by atoms with Crippen LogP contribution in [0.3, 0.4) is 0 Å². The normalized spacial score (nSPS) is 13.0. The molecule has 0 bridgehead atoms. The maximum absolute atomic E-state index is 5.95. The number of benzene rings is 1. The van der Waals surface area contributed by atoms with Gasteiger partial charge in [-0.25, -0.2) is 0 Å². The Hall–Kier alpha value is -1.14. The third-order valence-electron chi connectivity index (χ3n) is 3.44. The number of nitrogens with zero attached hydrogens (tertiary/aromatic N) is 3. The lowest BCUT2D eigenvalue weighted by Crippen LogP contribution is -2.30. The Balaban J connectivity index is 0.00000242. The Morgan fingerprint density at radius 2 is 1.91 bits per heavy atom. The second kappa shape index (κ2) is 7.42. The van der Waals surface area contributed by atoms with E-state index in [1.54, 1.807) is 0 Å². The van der Waals surface area contributed by atoms with Crippen LogP contribution in [-0.2, 0) is 12.1 Å².